The predicted octanol–water partition coefficient (Wildman–Crippen LogP) is 3.90. The molecule has 0 heterocycles. The zero-order valence-corrected chi connectivity index (χ0v) is 13.3. The van der Waals surface area contributed by atoms with Crippen molar-refractivity contribution < 1.29 is 9.90 Å². The van der Waals surface area contributed by atoms with Gasteiger partial charge in [0.1, 0.15) is 6.04 Å². The summed E-state index contributed by atoms with van der Waals surface area (Å²) in [5, 5.41) is 12.9. The maximum absolute atomic E-state index is 11.7. The lowest BCUT2D eigenvalue weighted by Gasteiger charge is -2.26. The molecular formula is C19H23NO2. The number of aliphatic carboxylic acids is 1. The van der Waals surface area contributed by atoms with Crippen LogP contribution in [0.5, 0.6) is 0 Å². The molecule has 2 rings (SSSR count). The summed E-state index contributed by atoms with van der Waals surface area (Å²) in [7, 11) is 0. The molecule has 0 aliphatic carbocycles. The van der Waals surface area contributed by atoms with E-state index in [0.29, 0.717) is 0 Å². The summed E-state index contributed by atoms with van der Waals surface area (Å²) in [5.41, 5.74) is 3.01. The van der Waals surface area contributed by atoms with Crippen molar-refractivity contribution in [3.05, 3.63) is 71.3 Å². The third-order valence-corrected chi connectivity index (χ3v) is 4.25. The van der Waals surface area contributed by atoms with Gasteiger partial charge in [0.2, 0.25) is 0 Å². The Morgan fingerprint density at radius 1 is 1.00 bits per heavy atom. The highest BCUT2D eigenvalue weighted by Crippen LogP contribution is 2.23. The monoisotopic (exact) mass is 297 g/mol. The second-order valence-corrected chi connectivity index (χ2v) is 5.78. The summed E-state index contributed by atoms with van der Waals surface area (Å²) in [6.07, 6.45) is 0. The van der Waals surface area contributed by atoms with Gasteiger partial charge < -0.3 is 5.11 Å². The van der Waals surface area contributed by atoms with Crippen LogP contribution >= 0.6 is 0 Å². The lowest BCUT2D eigenvalue weighted by molar-refractivity contribution is -0.139. The van der Waals surface area contributed by atoms with Gasteiger partial charge in [0.15, 0.2) is 0 Å². The summed E-state index contributed by atoms with van der Waals surface area (Å²) in [4.78, 5) is 11.7. The number of hydrogen-bond acceptors (Lipinski definition) is 2. The van der Waals surface area contributed by atoms with Crippen molar-refractivity contribution in [3.63, 3.8) is 0 Å². The van der Waals surface area contributed by atoms with Crippen molar-refractivity contribution in [2.75, 3.05) is 0 Å². The van der Waals surface area contributed by atoms with E-state index in [9.17, 15) is 9.90 Å². The highest BCUT2D eigenvalue weighted by Gasteiger charge is 2.25. The van der Waals surface area contributed by atoms with Gasteiger partial charge in [-0.15, -0.1) is 0 Å². The van der Waals surface area contributed by atoms with Crippen molar-refractivity contribution in [2.45, 2.75) is 38.8 Å². The molecule has 2 N–H and O–H groups in total. The van der Waals surface area contributed by atoms with Crippen LogP contribution in [0.2, 0.25) is 0 Å². The van der Waals surface area contributed by atoms with Gasteiger partial charge in [0.25, 0.3) is 0 Å². The molecule has 0 aromatic heterocycles. The van der Waals surface area contributed by atoms with E-state index < -0.39 is 12.0 Å². The Kier molecular flexibility index (Phi) is 5.34. The smallest absolute Gasteiger partial charge is 0.325 e. The Hall–Kier alpha value is -2.13. The van der Waals surface area contributed by atoms with E-state index in [4.69, 9.17) is 0 Å². The van der Waals surface area contributed by atoms with Gasteiger partial charge >= 0.3 is 5.97 Å². The van der Waals surface area contributed by atoms with Crippen LogP contribution < -0.4 is 5.32 Å². The number of carboxylic acid groups (broad SMARTS) is 1. The van der Waals surface area contributed by atoms with Crippen molar-refractivity contribution in [1.29, 1.82) is 0 Å². The summed E-state index contributed by atoms with van der Waals surface area (Å²) in [5.74, 6) is -0.617. The van der Waals surface area contributed by atoms with Crippen molar-refractivity contribution >= 4 is 5.97 Å². The van der Waals surface area contributed by atoms with E-state index in [1.54, 1.807) is 0 Å². The van der Waals surface area contributed by atoms with Crippen LogP contribution in [0.3, 0.4) is 0 Å². The molecule has 116 valence electrons. The van der Waals surface area contributed by atoms with E-state index in [1.807, 2.05) is 56.3 Å². The molecule has 0 radical (unpaired) electrons. The maximum Gasteiger partial charge on any atom is 0.325 e. The molecule has 0 aliphatic rings. The van der Waals surface area contributed by atoms with E-state index >= 15 is 0 Å². The number of carboxylic acids is 1. The SMILES string of the molecule is Cc1ccccc1[C@H](N[C@H](C)[C@H](C)c1ccccc1)C(=O)O. The molecule has 2 aromatic rings. The predicted molar refractivity (Wildman–Crippen MR) is 89.0 cm³/mol. The molecule has 3 heteroatoms. The Morgan fingerprint density at radius 2 is 1.59 bits per heavy atom. The number of hydrogen-bond donors (Lipinski definition) is 2. The number of nitrogens with one attached hydrogen (secondary N) is 1. The summed E-state index contributed by atoms with van der Waals surface area (Å²) in [6, 6.07) is 17.1. The molecule has 0 aliphatic heterocycles. The minimum absolute atomic E-state index is 0.0445. The number of benzene rings is 2. The molecule has 22 heavy (non-hydrogen) atoms. The van der Waals surface area contributed by atoms with E-state index in [-0.39, 0.29) is 12.0 Å². The molecule has 0 bridgehead atoms. The molecule has 0 saturated carbocycles. The first-order valence-corrected chi connectivity index (χ1v) is 7.60. The van der Waals surface area contributed by atoms with E-state index in [1.165, 1.54) is 5.56 Å². The Labute approximate surface area is 132 Å². The minimum atomic E-state index is -0.846. The molecule has 3 nitrogen and oxygen atoms in total. The molecule has 0 spiro atoms. The standard InChI is InChI=1S/C19H23NO2/c1-13-9-7-8-12-17(13)18(19(21)22)20-15(3)14(2)16-10-5-4-6-11-16/h4-12,14-15,18,20H,1-3H3,(H,21,22)/t14-,15+,18-/m0/s1. The van der Waals surface area contributed by atoms with Crippen LogP contribution in [0.1, 0.15) is 42.5 Å². The first-order chi connectivity index (χ1) is 10.5. The van der Waals surface area contributed by atoms with E-state index in [0.717, 1.165) is 11.1 Å². The second kappa shape index (κ2) is 7.23. The first kappa shape index (κ1) is 16.2. The Morgan fingerprint density at radius 3 is 2.18 bits per heavy atom. The lowest BCUT2D eigenvalue weighted by Crippen LogP contribution is -2.38. The molecule has 0 amide bonds. The summed E-state index contributed by atoms with van der Waals surface area (Å²) in [6.45, 7) is 6.09. The van der Waals surface area contributed by atoms with Crippen LogP contribution in [0.25, 0.3) is 0 Å². The van der Waals surface area contributed by atoms with Gasteiger partial charge in [0, 0.05) is 6.04 Å². The average molecular weight is 297 g/mol. The third-order valence-electron chi connectivity index (χ3n) is 4.25. The van der Waals surface area contributed by atoms with Gasteiger partial charge in [-0.05, 0) is 36.5 Å². The number of aryl methyl sites for hydroxylation is 1. The Bertz CT molecular complexity index is 624. The van der Waals surface area contributed by atoms with Gasteiger partial charge in [-0.2, -0.15) is 0 Å². The number of rotatable bonds is 6. The van der Waals surface area contributed by atoms with Crippen LogP contribution in [0, 0.1) is 6.92 Å². The van der Waals surface area contributed by atoms with Crippen LogP contribution in [-0.2, 0) is 4.79 Å². The molecular weight excluding hydrogens is 274 g/mol. The topological polar surface area (TPSA) is 49.3 Å². The second-order valence-electron chi connectivity index (χ2n) is 5.78. The van der Waals surface area contributed by atoms with Gasteiger partial charge in [-0.3, -0.25) is 10.1 Å². The average Bonchev–Trinajstić information content (AvgIpc) is 2.53. The van der Waals surface area contributed by atoms with Crippen LogP contribution in [0.15, 0.2) is 54.6 Å². The Balaban J connectivity index is 2.18. The quantitative estimate of drug-likeness (QED) is 0.850. The lowest BCUT2D eigenvalue weighted by atomic mass is 9.92. The van der Waals surface area contributed by atoms with Crippen molar-refractivity contribution in [3.8, 4) is 0 Å². The molecule has 2 aromatic carbocycles. The minimum Gasteiger partial charge on any atom is -0.480 e. The van der Waals surface area contributed by atoms with Gasteiger partial charge in [-0.1, -0.05) is 61.5 Å². The highest BCUT2D eigenvalue weighted by atomic mass is 16.4. The fraction of sp³-hybridized carbons (Fsp3) is 0.316. The van der Waals surface area contributed by atoms with Gasteiger partial charge in [0.05, 0.1) is 0 Å². The molecule has 0 fully saturated rings. The first-order valence-electron chi connectivity index (χ1n) is 7.60. The molecule has 0 saturated heterocycles. The fourth-order valence-electron chi connectivity index (χ4n) is 2.66. The highest BCUT2D eigenvalue weighted by molar-refractivity contribution is 5.76. The molecule has 0 unspecified atom stereocenters. The zero-order valence-electron chi connectivity index (χ0n) is 13.3. The molecule has 3 atom stereocenters. The number of carbonyl (C=O) groups is 1. The zero-order chi connectivity index (χ0) is 16.1. The summed E-state index contributed by atoms with van der Waals surface area (Å²) >= 11 is 0. The van der Waals surface area contributed by atoms with Gasteiger partial charge in [-0.25, -0.2) is 0 Å². The van der Waals surface area contributed by atoms with Crippen molar-refractivity contribution in [2.24, 2.45) is 0 Å². The fourth-order valence-corrected chi connectivity index (χ4v) is 2.66. The summed E-state index contributed by atoms with van der Waals surface area (Å²) < 4.78 is 0. The third kappa shape index (κ3) is 3.74. The van der Waals surface area contributed by atoms with Crippen LogP contribution in [-0.4, -0.2) is 17.1 Å². The van der Waals surface area contributed by atoms with Crippen LogP contribution in [0.4, 0.5) is 0 Å². The maximum atomic E-state index is 11.7. The van der Waals surface area contributed by atoms with Crippen molar-refractivity contribution in [1.82, 2.24) is 5.32 Å². The largest absolute Gasteiger partial charge is 0.480 e. The van der Waals surface area contributed by atoms with E-state index in [2.05, 4.69) is 24.4 Å². The normalized spacial score (nSPS) is 15.0.